The monoisotopic (exact) mass is 412 g/mol. The molecule has 10 heteroatoms. The normalized spacial score (nSPS) is 20.7. The third kappa shape index (κ3) is 5.26. The number of alkyl halides is 3. The van der Waals surface area contributed by atoms with Crippen LogP contribution in [0.5, 0.6) is 0 Å². The van der Waals surface area contributed by atoms with Crippen LogP contribution in [0.2, 0.25) is 0 Å². The number of rotatable bonds is 6. The van der Waals surface area contributed by atoms with Gasteiger partial charge >= 0.3 is 12.4 Å². The molecule has 0 bridgehead atoms. The van der Waals surface area contributed by atoms with Crippen molar-refractivity contribution >= 4 is 11.9 Å². The molecule has 3 rings (SSSR count). The van der Waals surface area contributed by atoms with Crippen LogP contribution >= 0.6 is 0 Å². The van der Waals surface area contributed by atoms with Gasteiger partial charge in [0.2, 0.25) is 11.8 Å². The number of anilines is 1. The number of nitrogens with zero attached hydrogens (tertiary/aromatic N) is 3. The third-order valence-corrected chi connectivity index (χ3v) is 4.85. The number of ether oxygens (including phenoxy) is 1. The summed E-state index contributed by atoms with van der Waals surface area (Å²) in [4.78, 5) is 13.9. The van der Waals surface area contributed by atoms with Crippen LogP contribution in [0.4, 0.5) is 19.2 Å². The summed E-state index contributed by atoms with van der Waals surface area (Å²) in [5.74, 6) is -0.0614. The van der Waals surface area contributed by atoms with Gasteiger partial charge in [0.25, 0.3) is 0 Å². The molecule has 1 aliphatic heterocycles. The van der Waals surface area contributed by atoms with Crippen molar-refractivity contribution in [2.45, 2.75) is 51.6 Å². The molecule has 1 aliphatic rings. The number of amides is 1. The molecule has 0 spiro atoms. The molecule has 158 valence electrons. The summed E-state index contributed by atoms with van der Waals surface area (Å²) < 4.78 is 47.4. The molecular formula is C19H23F3N4O3. The quantitative estimate of drug-likeness (QED) is 0.781. The highest BCUT2D eigenvalue weighted by atomic mass is 19.4. The first-order valence-electron chi connectivity index (χ1n) is 9.33. The second-order valence-corrected chi connectivity index (χ2v) is 7.34. The Labute approximate surface area is 166 Å². The van der Waals surface area contributed by atoms with E-state index in [-0.39, 0.29) is 31.4 Å². The highest BCUT2D eigenvalue weighted by Gasteiger charge is 2.46. The zero-order valence-corrected chi connectivity index (χ0v) is 16.4. The van der Waals surface area contributed by atoms with Crippen LogP contribution < -0.4 is 5.32 Å². The van der Waals surface area contributed by atoms with Gasteiger partial charge in [-0.25, -0.2) is 0 Å². The highest BCUT2D eigenvalue weighted by molar-refractivity contribution is 5.84. The number of benzene rings is 1. The number of carbonyl (C=O) groups excluding carboxylic acids is 1. The van der Waals surface area contributed by atoms with E-state index in [4.69, 9.17) is 4.42 Å². The number of nitrogens with one attached hydrogen (secondary N) is 1. The first-order chi connectivity index (χ1) is 13.6. The number of aryl methyl sites for hydroxylation is 1. The van der Waals surface area contributed by atoms with Crippen molar-refractivity contribution < 1.29 is 27.1 Å². The zero-order valence-electron chi connectivity index (χ0n) is 16.4. The smallest absolute Gasteiger partial charge is 0.403 e. The van der Waals surface area contributed by atoms with Crippen LogP contribution in [0.15, 0.2) is 28.7 Å². The predicted molar refractivity (Wildman–Crippen MR) is 98.9 cm³/mol. The highest BCUT2D eigenvalue weighted by Crippen LogP contribution is 2.32. The molecule has 7 nitrogen and oxygen atoms in total. The molecular weight excluding hydrogens is 389 g/mol. The van der Waals surface area contributed by atoms with E-state index in [1.807, 2.05) is 24.3 Å². The lowest BCUT2D eigenvalue weighted by Gasteiger charge is -2.27. The van der Waals surface area contributed by atoms with E-state index in [0.29, 0.717) is 5.89 Å². The van der Waals surface area contributed by atoms with E-state index in [2.05, 4.69) is 27.2 Å². The van der Waals surface area contributed by atoms with Gasteiger partial charge < -0.3 is 14.6 Å². The van der Waals surface area contributed by atoms with Crippen LogP contribution in [-0.2, 0) is 16.0 Å². The van der Waals surface area contributed by atoms with E-state index < -0.39 is 18.0 Å². The Balaban J connectivity index is 1.60. The van der Waals surface area contributed by atoms with Crippen molar-refractivity contribution in [2.75, 3.05) is 18.4 Å². The second kappa shape index (κ2) is 8.02. The summed E-state index contributed by atoms with van der Waals surface area (Å²) in [6, 6.07) is 6.98. The van der Waals surface area contributed by atoms with Crippen molar-refractivity contribution in [1.82, 2.24) is 15.1 Å². The molecule has 2 atom stereocenters. The lowest BCUT2D eigenvalue weighted by Crippen LogP contribution is -2.44. The first-order valence-corrected chi connectivity index (χ1v) is 9.33. The Hall–Kier alpha value is -2.62. The standard InChI is InChI=1S/C19H23F3N4O3/c1-4-13-5-7-14(8-6-13)15-24-25-17(28-15)23-12(2)16(27)26-10-9-18(3,11-26)29-19(20,21)22/h5-8,12H,4,9-11H2,1-3H3,(H,23,25)/t12-,18?/m1/s1. The van der Waals surface area contributed by atoms with Crippen LogP contribution in [0.1, 0.15) is 32.8 Å². The summed E-state index contributed by atoms with van der Waals surface area (Å²) in [6.45, 7) is 5.02. The fourth-order valence-electron chi connectivity index (χ4n) is 3.29. The zero-order chi connectivity index (χ0) is 21.2. The van der Waals surface area contributed by atoms with Gasteiger partial charge in [-0.3, -0.25) is 9.53 Å². The maximum absolute atomic E-state index is 12.6. The molecule has 2 aromatic rings. The Kier molecular flexibility index (Phi) is 5.83. The van der Waals surface area contributed by atoms with E-state index in [1.54, 1.807) is 6.92 Å². The van der Waals surface area contributed by atoms with Crippen LogP contribution in [0.3, 0.4) is 0 Å². The van der Waals surface area contributed by atoms with Gasteiger partial charge in [0.05, 0.1) is 5.60 Å². The lowest BCUT2D eigenvalue weighted by atomic mass is 10.1. The van der Waals surface area contributed by atoms with E-state index in [1.165, 1.54) is 17.4 Å². The minimum Gasteiger partial charge on any atom is -0.403 e. The molecule has 1 saturated heterocycles. The topological polar surface area (TPSA) is 80.5 Å². The summed E-state index contributed by atoms with van der Waals surface area (Å²) in [6.07, 6.45) is -3.73. The van der Waals surface area contributed by atoms with Crippen LogP contribution in [-0.4, -0.2) is 52.1 Å². The Morgan fingerprint density at radius 3 is 2.66 bits per heavy atom. The molecule has 1 aromatic carbocycles. The summed E-state index contributed by atoms with van der Waals surface area (Å²) >= 11 is 0. The number of carbonyl (C=O) groups is 1. The maximum Gasteiger partial charge on any atom is 0.523 e. The van der Waals surface area contributed by atoms with Gasteiger partial charge in [-0.15, -0.1) is 18.3 Å². The first kappa shape index (κ1) is 21.1. The van der Waals surface area contributed by atoms with Crippen molar-refractivity contribution in [1.29, 1.82) is 0 Å². The van der Waals surface area contributed by atoms with Crippen molar-refractivity contribution in [3.63, 3.8) is 0 Å². The van der Waals surface area contributed by atoms with Gasteiger partial charge in [0.15, 0.2) is 0 Å². The summed E-state index contributed by atoms with van der Waals surface area (Å²) in [5.41, 5.74) is 0.481. The summed E-state index contributed by atoms with van der Waals surface area (Å²) in [5, 5.41) is 10.7. The number of hydrogen-bond acceptors (Lipinski definition) is 6. The van der Waals surface area contributed by atoms with Gasteiger partial charge in [-0.05, 0) is 44.4 Å². The fourth-order valence-corrected chi connectivity index (χ4v) is 3.29. The lowest BCUT2D eigenvalue weighted by molar-refractivity contribution is -0.361. The molecule has 0 aliphatic carbocycles. The third-order valence-electron chi connectivity index (χ3n) is 4.85. The maximum atomic E-state index is 12.6. The minimum atomic E-state index is -4.74. The van der Waals surface area contributed by atoms with E-state index >= 15 is 0 Å². The van der Waals surface area contributed by atoms with Crippen molar-refractivity contribution in [3.05, 3.63) is 29.8 Å². The average Bonchev–Trinajstić information content (AvgIpc) is 3.26. The van der Waals surface area contributed by atoms with Crippen molar-refractivity contribution in [3.8, 4) is 11.5 Å². The molecule has 1 aromatic heterocycles. The fraction of sp³-hybridized carbons (Fsp3) is 0.526. The molecule has 2 heterocycles. The predicted octanol–water partition coefficient (Wildman–Crippen LogP) is 3.63. The Morgan fingerprint density at radius 2 is 2.03 bits per heavy atom. The molecule has 1 N–H and O–H groups in total. The SMILES string of the molecule is CCc1ccc(-c2nnc(N[C@H](C)C(=O)N3CCC(C)(OC(F)(F)F)C3)o2)cc1. The second-order valence-electron chi connectivity index (χ2n) is 7.34. The Bertz CT molecular complexity index is 853. The molecule has 1 amide bonds. The van der Waals surface area contributed by atoms with Crippen molar-refractivity contribution in [2.24, 2.45) is 0 Å². The number of likely N-dealkylation sites (tertiary alicyclic amines) is 1. The average molecular weight is 412 g/mol. The van der Waals surface area contributed by atoms with Crippen LogP contribution in [0, 0.1) is 0 Å². The number of aromatic nitrogens is 2. The molecule has 1 unspecified atom stereocenters. The van der Waals surface area contributed by atoms with E-state index in [9.17, 15) is 18.0 Å². The molecule has 0 radical (unpaired) electrons. The largest absolute Gasteiger partial charge is 0.523 e. The molecule has 0 saturated carbocycles. The van der Waals surface area contributed by atoms with Gasteiger partial charge in [-0.1, -0.05) is 24.2 Å². The van der Waals surface area contributed by atoms with Crippen LogP contribution in [0.25, 0.3) is 11.5 Å². The van der Waals surface area contributed by atoms with Gasteiger partial charge in [0.1, 0.15) is 6.04 Å². The van der Waals surface area contributed by atoms with Gasteiger partial charge in [0, 0.05) is 18.7 Å². The minimum absolute atomic E-state index is 0.0638. The van der Waals surface area contributed by atoms with Gasteiger partial charge in [-0.2, -0.15) is 0 Å². The number of hydrogen-bond donors (Lipinski definition) is 1. The molecule has 29 heavy (non-hydrogen) atoms. The molecule has 1 fully saturated rings. The Morgan fingerprint density at radius 1 is 1.34 bits per heavy atom. The van der Waals surface area contributed by atoms with E-state index in [0.717, 1.165) is 12.0 Å². The number of halogens is 3. The summed E-state index contributed by atoms with van der Waals surface area (Å²) in [7, 11) is 0.